The summed E-state index contributed by atoms with van der Waals surface area (Å²) in [6.45, 7) is 2.10. The van der Waals surface area contributed by atoms with Crippen molar-refractivity contribution < 1.29 is 4.74 Å². The second-order valence-corrected chi connectivity index (χ2v) is 6.43. The number of halogens is 2. The first kappa shape index (κ1) is 15.5. The Labute approximate surface area is 136 Å². The van der Waals surface area contributed by atoms with Crippen LogP contribution in [0.2, 0.25) is 0 Å². The van der Waals surface area contributed by atoms with Gasteiger partial charge in [-0.3, -0.25) is 0 Å². The van der Waals surface area contributed by atoms with E-state index in [9.17, 15) is 0 Å². The smallest absolute Gasteiger partial charge is 0.141 e. The van der Waals surface area contributed by atoms with E-state index in [1.165, 1.54) is 0 Å². The summed E-state index contributed by atoms with van der Waals surface area (Å²) < 4.78 is 7.95. The minimum absolute atomic E-state index is 0.160. The summed E-state index contributed by atoms with van der Waals surface area (Å²) in [7, 11) is 0. The molecular formula is C16H17Br2NO. The number of ether oxygens (including phenoxy) is 1. The van der Waals surface area contributed by atoms with Gasteiger partial charge in [-0.15, -0.1) is 0 Å². The SMILES string of the molecule is CCC(N)Cc1ccccc1Oc1ccc(Br)cc1Br. The van der Waals surface area contributed by atoms with Crippen molar-refractivity contribution in [3.8, 4) is 11.5 Å². The molecule has 0 aliphatic carbocycles. The van der Waals surface area contributed by atoms with Crippen molar-refractivity contribution in [3.63, 3.8) is 0 Å². The number of hydrogen-bond acceptors (Lipinski definition) is 2. The predicted molar refractivity (Wildman–Crippen MR) is 90.3 cm³/mol. The van der Waals surface area contributed by atoms with Crippen LogP contribution in [0, 0.1) is 0 Å². The van der Waals surface area contributed by atoms with Crippen LogP contribution in [0.15, 0.2) is 51.4 Å². The van der Waals surface area contributed by atoms with Crippen molar-refractivity contribution in [1.29, 1.82) is 0 Å². The van der Waals surface area contributed by atoms with Crippen molar-refractivity contribution in [1.82, 2.24) is 0 Å². The summed E-state index contributed by atoms with van der Waals surface area (Å²) in [5.41, 5.74) is 7.18. The van der Waals surface area contributed by atoms with Crippen LogP contribution in [0.25, 0.3) is 0 Å². The predicted octanol–water partition coefficient (Wildman–Crippen LogP) is 5.28. The van der Waals surface area contributed by atoms with E-state index in [0.717, 1.165) is 38.8 Å². The second kappa shape index (κ2) is 7.25. The van der Waals surface area contributed by atoms with Crippen LogP contribution in [0.3, 0.4) is 0 Å². The van der Waals surface area contributed by atoms with Gasteiger partial charge in [0.1, 0.15) is 11.5 Å². The Morgan fingerprint density at radius 1 is 1.10 bits per heavy atom. The standard InChI is InChI=1S/C16H17Br2NO/c1-2-13(19)9-11-5-3-4-6-15(11)20-16-8-7-12(17)10-14(16)18/h3-8,10,13H,2,9,19H2,1H3. The quantitative estimate of drug-likeness (QED) is 0.743. The van der Waals surface area contributed by atoms with Gasteiger partial charge < -0.3 is 10.5 Å². The van der Waals surface area contributed by atoms with E-state index in [1.807, 2.05) is 36.4 Å². The fourth-order valence-electron chi connectivity index (χ4n) is 1.88. The van der Waals surface area contributed by atoms with E-state index >= 15 is 0 Å². The molecule has 0 radical (unpaired) electrons. The Balaban J connectivity index is 2.24. The fourth-order valence-corrected chi connectivity index (χ4v) is 3.00. The third-order valence-electron chi connectivity index (χ3n) is 3.09. The zero-order chi connectivity index (χ0) is 14.5. The highest BCUT2D eigenvalue weighted by atomic mass is 79.9. The molecule has 0 heterocycles. The molecule has 106 valence electrons. The number of para-hydroxylation sites is 1. The molecule has 0 aliphatic heterocycles. The average Bonchev–Trinajstić information content (AvgIpc) is 2.43. The Morgan fingerprint density at radius 3 is 2.55 bits per heavy atom. The molecule has 2 aromatic carbocycles. The van der Waals surface area contributed by atoms with Crippen LogP contribution < -0.4 is 10.5 Å². The summed E-state index contributed by atoms with van der Waals surface area (Å²) in [5.74, 6) is 1.66. The van der Waals surface area contributed by atoms with Gasteiger partial charge in [-0.2, -0.15) is 0 Å². The van der Waals surface area contributed by atoms with Crippen molar-refractivity contribution in [2.24, 2.45) is 5.73 Å². The van der Waals surface area contributed by atoms with Crippen LogP contribution >= 0.6 is 31.9 Å². The Hall–Kier alpha value is -0.840. The molecule has 2 N–H and O–H groups in total. The van der Waals surface area contributed by atoms with Crippen LogP contribution in [0.4, 0.5) is 0 Å². The third-order valence-corrected chi connectivity index (χ3v) is 4.21. The van der Waals surface area contributed by atoms with Gasteiger partial charge >= 0.3 is 0 Å². The molecule has 0 aliphatic rings. The molecule has 1 unspecified atom stereocenters. The topological polar surface area (TPSA) is 35.2 Å². The Morgan fingerprint density at radius 2 is 1.85 bits per heavy atom. The molecule has 20 heavy (non-hydrogen) atoms. The first-order valence-electron chi connectivity index (χ1n) is 6.56. The van der Waals surface area contributed by atoms with Crippen molar-refractivity contribution in [2.75, 3.05) is 0 Å². The van der Waals surface area contributed by atoms with Gasteiger partial charge in [0.25, 0.3) is 0 Å². The molecule has 2 rings (SSSR count). The average molecular weight is 399 g/mol. The minimum atomic E-state index is 0.160. The van der Waals surface area contributed by atoms with Crippen molar-refractivity contribution >= 4 is 31.9 Å². The molecule has 0 bridgehead atoms. The van der Waals surface area contributed by atoms with E-state index in [4.69, 9.17) is 10.5 Å². The zero-order valence-corrected chi connectivity index (χ0v) is 14.4. The highest BCUT2D eigenvalue weighted by molar-refractivity contribution is 9.11. The second-order valence-electron chi connectivity index (χ2n) is 4.66. The highest BCUT2D eigenvalue weighted by Crippen LogP contribution is 2.33. The highest BCUT2D eigenvalue weighted by Gasteiger charge is 2.10. The van der Waals surface area contributed by atoms with E-state index in [-0.39, 0.29) is 6.04 Å². The summed E-state index contributed by atoms with van der Waals surface area (Å²) in [6.07, 6.45) is 1.77. The molecule has 0 amide bonds. The number of hydrogen-bond donors (Lipinski definition) is 1. The molecule has 0 fully saturated rings. The maximum Gasteiger partial charge on any atom is 0.141 e. The first-order chi connectivity index (χ1) is 9.60. The van der Waals surface area contributed by atoms with E-state index in [0.29, 0.717) is 0 Å². The van der Waals surface area contributed by atoms with Crippen molar-refractivity contribution in [3.05, 3.63) is 57.0 Å². The fraction of sp³-hybridized carbons (Fsp3) is 0.250. The lowest BCUT2D eigenvalue weighted by molar-refractivity contribution is 0.469. The first-order valence-corrected chi connectivity index (χ1v) is 8.15. The van der Waals surface area contributed by atoms with Gasteiger partial charge in [-0.1, -0.05) is 41.1 Å². The van der Waals surface area contributed by atoms with Crippen LogP contribution in [0.5, 0.6) is 11.5 Å². The normalized spacial score (nSPS) is 12.2. The van der Waals surface area contributed by atoms with Gasteiger partial charge in [0.2, 0.25) is 0 Å². The van der Waals surface area contributed by atoms with Gasteiger partial charge in [0.05, 0.1) is 4.47 Å². The maximum absolute atomic E-state index is 6.05. The number of rotatable bonds is 5. The van der Waals surface area contributed by atoms with Crippen LogP contribution in [0.1, 0.15) is 18.9 Å². The summed E-state index contributed by atoms with van der Waals surface area (Å²) in [4.78, 5) is 0. The molecule has 4 heteroatoms. The number of benzene rings is 2. The molecule has 0 saturated carbocycles. The third kappa shape index (κ3) is 4.08. The molecule has 1 atom stereocenters. The lowest BCUT2D eigenvalue weighted by Gasteiger charge is -2.15. The molecular weight excluding hydrogens is 382 g/mol. The van der Waals surface area contributed by atoms with Gasteiger partial charge in [-0.25, -0.2) is 0 Å². The minimum Gasteiger partial charge on any atom is -0.456 e. The molecule has 0 spiro atoms. The lowest BCUT2D eigenvalue weighted by Crippen LogP contribution is -2.21. The van der Waals surface area contributed by atoms with Crippen molar-refractivity contribution in [2.45, 2.75) is 25.8 Å². The summed E-state index contributed by atoms with van der Waals surface area (Å²) >= 11 is 6.95. The lowest BCUT2D eigenvalue weighted by atomic mass is 10.0. The summed E-state index contributed by atoms with van der Waals surface area (Å²) in [5, 5.41) is 0. The molecule has 2 aromatic rings. The van der Waals surface area contributed by atoms with Gasteiger partial charge in [0.15, 0.2) is 0 Å². The van der Waals surface area contributed by atoms with E-state index in [1.54, 1.807) is 0 Å². The van der Waals surface area contributed by atoms with Gasteiger partial charge in [0, 0.05) is 10.5 Å². The van der Waals surface area contributed by atoms with E-state index < -0.39 is 0 Å². The molecule has 0 saturated heterocycles. The largest absolute Gasteiger partial charge is 0.456 e. The monoisotopic (exact) mass is 397 g/mol. The Bertz CT molecular complexity index is 586. The Kier molecular flexibility index (Phi) is 5.64. The van der Waals surface area contributed by atoms with Crippen LogP contribution in [-0.4, -0.2) is 6.04 Å². The zero-order valence-electron chi connectivity index (χ0n) is 11.3. The van der Waals surface area contributed by atoms with Gasteiger partial charge in [-0.05, 0) is 58.6 Å². The number of nitrogens with two attached hydrogens (primary N) is 1. The summed E-state index contributed by atoms with van der Waals surface area (Å²) in [6, 6.07) is 14.1. The van der Waals surface area contributed by atoms with Crippen LogP contribution in [-0.2, 0) is 6.42 Å². The van der Waals surface area contributed by atoms with E-state index in [2.05, 4.69) is 44.8 Å². The molecule has 2 nitrogen and oxygen atoms in total. The molecule has 0 aromatic heterocycles. The maximum atomic E-state index is 6.05.